The number of benzene rings is 2. The Labute approximate surface area is 168 Å². The Morgan fingerprint density at radius 3 is 2.41 bits per heavy atom. The molecule has 148 valence electrons. The zero-order valence-corrected chi connectivity index (χ0v) is 16.7. The summed E-state index contributed by atoms with van der Waals surface area (Å²) in [6, 6.07) is 14.1. The Bertz CT molecular complexity index is 1110. The number of aliphatic imine (C=N–C) groups is 1. The fourth-order valence-corrected chi connectivity index (χ4v) is 3.20. The van der Waals surface area contributed by atoms with Gasteiger partial charge in [0.15, 0.2) is 0 Å². The van der Waals surface area contributed by atoms with Crippen LogP contribution >= 0.6 is 0 Å². The fourth-order valence-electron chi connectivity index (χ4n) is 3.20. The highest BCUT2D eigenvalue weighted by molar-refractivity contribution is 5.89. The van der Waals surface area contributed by atoms with Crippen molar-refractivity contribution in [2.24, 2.45) is 4.99 Å². The zero-order valence-electron chi connectivity index (χ0n) is 16.7. The van der Waals surface area contributed by atoms with E-state index in [1.165, 1.54) is 13.2 Å². The van der Waals surface area contributed by atoms with Crippen molar-refractivity contribution in [3.63, 3.8) is 0 Å². The third-order valence-corrected chi connectivity index (χ3v) is 4.76. The second-order valence-electron chi connectivity index (χ2n) is 6.69. The number of carbonyl (C=O) groups is 1. The van der Waals surface area contributed by atoms with Crippen LogP contribution in [0.1, 0.15) is 32.9 Å². The van der Waals surface area contributed by atoms with E-state index in [0.717, 1.165) is 22.6 Å². The Morgan fingerprint density at radius 1 is 1.10 bits per heavy atom. The lowest BCUT2D eigenvalue weighted by Gasteiger charge is -2.10. The average Bonchev–Trinajstić information content (AvgIpc) is 3.00. The molecule has 7 heteroatoms. The van der Waals surface area contributed by atoms with Crippen molar-refractivity contribution in [3.8, 4) is 5.69 Å². The summed E-state index contributed by atoms with van der Waals surface area (Å²) >= 11 is 0. The molecule has 0 atom stereocenters. The number of carbonyl (C=O) groups excluding carboxylic acids is 1. The maximum Gasteiger partial charge on any atom is 0.337 e. The van der Waals surface area contributed by atoms with Gasteiger partial charge in [0, 0.05) is 40.5 Å². The van der Waals surface area contributed by atoms with Crippen LogP contribution in [-0.2, 0) is 4.74 Å². The van der Waals surface area contributed by atoms with Gasteiger partial charge in [-0.3, -0.25) is 15.1 Å². The quantitative estimate of drug-likeness (QED) is 0.269. The standard InChI is InChI=1S/C22H21N3O4/c1-14-5-8-19(12-21(14)25(27)28)23-13-18-11-15(2)24(16(18)3)20-9-6-17(7-10-20)22(26)29-4/h5-13H,1-4H3. The molecule has 29 heavy (non-hydrogen) atoms. The van der Waals surface area contributed by atoms with Gasteiger partial charge in [-0.2, -0.15) is 0 Å². The Hall–Kier alpha value is -3.74. The lowest BCUT2D eigenvalue weighted by molar-refractivity contribution is -0.385. The summed E-state index contributed by atoms with van der Waals surface area (Å²) in [6.45, 7) is 5.65. The van der Waals surface area contributed by atoms with Crippen molar-refractivity contribution in [1.29, 1.82) is 0 Å². The predicted molar refractivity (Wildman–Crippen MR) is 112 cm³/mol. The Kier molecular flexibility index (Phi) is 5.59. The number of esters is 1. The molecule has 3 rings (SSSR count). The SMILES string of the molecule is COC(=O)c1ccc(-n2c(C)cc(C=Nc3ccc(C)c([N+](=O)[O-])c3)c2C)cc1. The van der Waals surface area contributed by atoms with Crippen LogP contribution in [0.2, 0.25) is 0 Å². The van der Waals surface area contributed by atoms with Gasteiger partial charge in [-0.25, -0.2) is 4.79 Å². The van der Waals surface area contributed by atoms with Crippen LogP contribution in [0.25, 0.3) is 5.69 Å². The monoisotopic (exact) mass is 391 g/mol. The summed E-state index contributed by atoms with van der Waals surface area (Å²) in [5, 5.41) is 11.1. The van der Waals surface area contributed by atoms with E-state index in [1.807, 2.05) is 32.0 Å². The number of hydrogen-bond acceptors (Lipinski definition) is 5. The second kappa shape index (κ2) is 8.10. The van der Waals surface area contributed by atoms with Gasteiger partial charge >= 0.3 is 5.97 Å². The van der Waals surface area contributed by atoms with Crippen molar-refractivity contribution >= 4 is 23.6 Å². The topological polar surface area (TPSA) is 86.7 Å². The molecule has 0 aliphatic rings. The number of hydrogen-bond donors (Lipinski definition) is 0. The molecule has 1 heterocycles. The van der Waals surface area contributed by atoms with Crippen LogP contribution in [-0.4, -0.2) is 28.8 Å². The lowest BCUT2D eigenvalue weighted by atomic mass is 10.2. The second-order valence-corrected chi connectivity index (χ2v) is 6.69. The summed E-state index contributed by atoms with van der Waals surface area (Å²) in [5.74, 6) is -0.377. The van der Waals surface area contributed by atoms with Crippen LogP contribution < -0.4 is 0 Å². The molecule has 0 saturated carbocycles. The summed E-state index contributed by atoms with van der Waals surface area (Å²) in [5.41, 5.74) is 5.46. The first-order valence-corrected chi connectivity index (χ1v) is 8.98. The molecule has 0 amide bonds. The van der Waals surface area contributed by atoms with Crippen LogP contribution in [0.5, 0.6) is 0 Å². The van der Waals surface area contributed by atoms with E-state index in [2.05, 4.69) is 9.56 Å². The molecule has 0 fully saturated rings. The molecule has 1 aromatic heterocycles. The predicted octanol–water partition coefficient (Wildman–Crippen LogP) is 4.85. The number of nitrogens with zero attached hydrogens (tertiary/aromatic N) is 3. The van der Waals surface area contributed by atoms with E-state index in [4.69, 9.17) is 4.74 Å². The van der Waals surface area contributed by atoms with Gasteiger partial charge in [0.2, 0.25) is 0 Å². The van der Waals surface area contributed by atoms with Gasteiger partial charge in [0.05, 0.1) is 23.3 Å². The normalized spacial score (nSPS) is 11.0. The molecule has 3 aromatic rings. The molecular formula is C22H21N3O4. The summed E-state index contributed by atoms with van der Waals surface area (Å²) in [7, 11) is 1.35. The van der Waals surface area contributed by atoms with Crippen LogP contribution in [0.4, 0.5) is 11.4 Å². The summed E-state index contributed by atoms with van der Waals surface area (Å²) in [6.07, 6.45) is 1.70. The maximum absolute atomic E-state index is 11.6. The largest absolute Gasteiger partial charge is 0.465 e. The molecule has 0 aliphatic carbocycles. The van der Waals surface area contributed by atoms with E-state index in [0.29, 0.717) is 16.8 Å². The highest BCUT2D eigenvalue weighted by Gasteiger charge is 2.12. The number of aromatic nitrogens is 1. The van der Waals surface area contributed by atoms with Crippen LogP contribution in [0, 0.1) is 30.9 Å². The van der Waals surface area contributed by atoms with E-state index in [9.17, 15) is 14.9 Å². The van der Waals surface area contributed by atoms with Crippen molar-refractivity contribution in [2.75, 3.05) is 7.11 Å². The van der Waals surface area contributed by atoms with Crippen LogP contribution in [0.3, 0.4) is 0 Å². The van der Waals surface area contributed by atoms with Crippen molar-refractivity contribution in [3.05, 3.63) is 86.7 Å². The number of rotatable bonds is 5. The first kappa shape index (κ1) is 20.0. The smallest absolute Gasteiger partial charge is 0.337 e. The fraction of sp³-hybridized carbons (Fsp3) is 0.182. The van der Waals surface area contributed by atoms with Gasteiger partial charge in [0.1, 0.15) is 0 Å². The zero-order chi connectivity index (χ0) is 21.1. The average molecular weight is 391 g/mol. The van der Waals surface area contributed by atoms with Crippen molar-refractivity contribution in [2.45, 2.75) is 20.8 Å². The van der Waals surface area contributed by atoms with Gasteiger partial charge in [-0.15, -0.1) is 0 Å². The molecule has 0 aliphatic heterocycles. The Morgan fingerprint density at radius 2 is 1.79 bits per heavy atom. The van der Waals surface area contributed by atoms with Gasteiger partial charge < -0.3 is 9.30 Å². The Balaban J connectivity index is 1.92. The first-order chi connectivity index (χ1) is 13.8. The molecule has 7 nitrogen and oxygen atoms in total. The van der Waals surface area contributed by atoms with E-state index >= 15 is 0 Å². The number of nitro benzene ring substituents is 1. The molecule has 2 aromatic carbocycles. The van der Waals surface area contributed by atoms with Gasteiger partial charge in [-0.1, -0.05) is 6.07 Å². The minimum atomic E-state index is -0.405. The molecule has 0 radical (unpaired) electrons. The minimum absolute atomic E-state index is 0.0517. The third kappa shape index (κ3) is 4.08. The van der Waals surface area contributed by atoms with E-state index in [-0.39, 0.29) is 11.7 Å². The summed E-state index contributed by atoms with van der Waals surface area (Å²) < 4.78 is 6.79. The molecule has 0 unspecified atom stereocenters. The van der Waals surface area contributed by atoms with Crippen LogP contribution in [0.15, 0.2) is 53.5 Å². The van der Waals surface area contributed by atoms with Gasteiger partial charge in [0.25, 0.3) is 5.69 Å². The first-order valence-electron chi connectivity index (χ1n) is 8.98. The van der Waals surface area contributed by atoms with E-state index < -0.39 is 4.92 Å². The lowest BCUT2D eigenvalue weighted by Crippen LogP contribution is -2.03. The third-order valence-electron chi connectivity index (χ3n) is 4.76. The maximum atomic E-state index is 11.6. The number of ether oxygens (including phenoxy) is 1. The summed E-state index contributed by atoms with van der Waals surface area (Å²) in [4.78, 5) is 26.7. The highest BCUT2D eigenvalue weighted by atomic mass is 16.6. The van der Waals surface area contributed by atoms with E-state index in [1.54, 1.807) is 37.4 Å². The molecule has 0 N–H and O–H groups in total. The van der Waals surface area contributed by atoms with Gasteiger partial charge in [-0.05, 0) is 57.2 Å². The molecular weight excluding hydrogens is 370 g/mol. The number of aryl methyl sites for hydroxylation is 2. The van der Waals surface area contributed by atoms with Crippen molar-refractivity contribution < 1.29 is 14.5 Å². The molecule has 0 bridgehead atoms. The number of methoxy groups -OCH3 is 1. The molecule has 0 saturated heterocycles. The highest BCUT2D eigenvalue weighted by Crippen LogP contribution is 2.25. The minimum Gasteiger partial charge on any atom is -0.465 e. The van der Waals surface area contributed by atoms with Crippen molar-refractivity contribution in [1.82, 2.24) is 4.57 Å². The molecule has 0 spiro atoms. The number of nitro groups is 1.